The minimum Gasteiger partial charge on any atom is -0.467 e. The van der Waals surface area contributed by atoms with Gasteiger partial charge in [-0.3, -0.25) is 9.59 Å². The van der Waals surface area contributed by atoms with Crippen LogP contribution in [0.5, 0.6) is 5.75 Å². The van der Waals surface area contributed by atoms with Gasteiger partial charge >= 0.3 is 5.97 Å². The van der Waals surface area contributed by atoms with Crippen molar-refractivity contribution in [3.8, 4) is 5.75 Å². The molecular weight excluding hydrogens is 300 g/mol. The van der Waals surface area contributed by atoms with Crippen LogP contribution < -0.4 is 15.4 Å². The van der Waals surface area contributed by atoms with E-state index in [1.165, 1.54) is 14.0 Å². The van der Waals surface area contributed by atoms with E-state index in [0.717, 1.165) is 0 Å². The lowest BCUT2D eigenvalue weighted by atomic mass is 9.98. The Hall–Kier alpha value is -2.57. The molecule has 0 saturated carbocycles. The Morgan fingerprint density at radius 1 is 1.30 bits per heavy atom. The van der Waals surface area contributed by atoms with Gasteiger partial charge in [0.2, 0.25) is 0 Å². The third kappa shape index (κ3) is 3.13. The Kier molecular flexibility index (Phi) is 4.58. The minimum absolute atomic E-state index is 0.200. The zero-order valence-corrected chi connectivity index (χ0v) is 13.5. The number of nitrogens with one attached hydrogen (secondary N) is 2. The Morgan fingerprint density at radius 2 is 1.96 bits per heavy atom. The molecule has 0 spiro atoms. The predicted octanol–water partition coefficient (Wildman–Crippen LogP) is 1.09. The second-order valence-corrected chi connectivity index (χ2v) is 5.80. The number of ether oxygens (including phenoxy) is 2. The van der Waals surface area contributed by atoms with Crippen LogP contribution in [0.4, 0.5) is 5.69 Å². The van der Waals surface area contributed by atoms with E-state index in [9.17, 15) is 14.4 Å². The molecule has 1 aliphatic heterocycles. The van der Waals surface area contributed by atoms with Gasteiger partial charge in [-0.1, -0.05) is 26.0 Å². The molecule has 1 aromatic carbocycles. The van der Waals surface area contributed by atoms with Crippen molar-refractivity contribution in [3.05, 3.63) is 24.3 Å². The molecule has 2 amide bonds. The van der Waals surface area contributed by atoms with Crippen LogP contribution in [0.1, 0.15) is 20.8 Å². The molecule has 2 atom stereocenters. The summed E-state index contributed by atoms with van der Waals surface area (Å²) in [6.07, 6.45) is 0. The van der Waals surface area contributed by atoms with Crippen molar-refractivity contribution in [2.45, 2.75) is 32.4 Å². The molecule has 23 heavy (non-hydrogen) atoms. The standard InChI is InChI=1S/C16H20N2O5/c1-9(2)12(13(19)22-4)18-15(21)16(3)14(20)17-10-7-5-6-8-11(10)23-16/h5-9,12H,1-4H3,(H,17,20)(H,18,21). The summed E-state index contributed by atoms with van der Waals surface area (Å²) in [5, 5.41) is 5.18. The average molecular weight is 320 g/mol. The third-order valence-electron chi connectivity index (χ3n) is 3.72. The molecule has 0 aliphatic carbocycles. The number of rotatable bonds is 4. The normalized spacial score (nSPS) is 20.8. The second-order valence-electron chi connectivity index (χ2n) is 5.80. The monoisotopic (exact) mass is 320 g/mol. The lowest BCUT2D eigenvalue weighted by molar-refractivity contribution is -0.153. The number of methoxy groups -OCH3 is 1. The summed E-state index contributed by atoms with van der Waals surface area (Å²) in [6.45, 7) is 4.89. The number of carbonyl (C=O) groups is 3. The summed E-state index contributed by atoms with van der Waals surface area (Å²) in [7, 11) is 1.24. The average Bonchev–Trinajstić information content (AvgIpc) is 2.52. The molecule has 1 aliphatic rings. The van der Waals surface area contributed by atoms with Crippen LogP contribution in [0.15, 0.2) is 24.3 Å². The van der Waals surface area contributed by atoms with Crippen LogP contribution in [-0.2, 0) is 19.1 Å². The van der Waals surface area contributed by atoms with Crippen LogP contribution in [0, 0.1) is 5.92 Å². The highest BCUT2D eigenvalue weighted by Gasteiger charge is 2.48. The molecule has 7 nitrogen and oxygen atoms in total. The lowest BCUT2D eigenvalue weighted by Crippen LogP contribution is -2.61. The van der Waals surface area contributed by atoms with Crippen molar-refractivity contribution < 1.29 is 23.9 Å². The summed E-state index contributed by atoms with van der Waals surface area (Å²) in [6, 6.07) is 5.95. The van der Waals surface area contributed by atoms with Gasteiger partial charge < -0.3 is 20.1 Å². The summed E-state index contributed by atoms with van der Waals surface area (Å²) >= 11 is 0. The van der Waals surface area contributed by atoms with Crippen molar-refractivity contribution in [1.82, 2.24) is 5.32 Å². The number of fused-ring (bicyclic) bond motifs is 1. The fourth-order valence-electron chi connectivity index (χ4n) is 2.22. The SMILES string of the molecule is COC(=O)C(NC(=O)C1(C)Oc2ccccc2NC1=O)C(C)C. The Morgan fingerprint density at radius 3 is 2.57 bits per heavy atom. The summed E-state index contributed by atoms with van der Waals surface area (Å²) in [5.41, 5.74) is -1.27. The first kappa shape index (κ1) is 16.8. The summed E-state index contributed by atoms with van der Waals surface area (Å²) in [5.74, 6) is -1.68. The van der Waals surface area contributed by atoms with Gasteiger partial charge in [0.05, 0.1) is 12.8 Å². The lowest BCUT2D eigenvalue weighted by Gasteiger charge is -2.34. The number of anilines is 1. The number of para-hydroxylation sites is 2. The van der Waals surface area contributed by atoms with Gasteiger partial charge in [-0.05, 0) is 25.0 Å². The molecule has 2 N–H and O–H groups in total. The maximum absolute atomic E-state index is 12.6. The maximum atomic E-state index is 12.6. The molecule has 1 heterocycles. The van der Waals surface area contributed by atoms with Crippen LogP contribution in [-0.4, -0.2) is 36.5 Å². The second kappa shape index (κ2) is 6.28. The Labute approximate surface area is 134 Å². The van der Waals surface area contributed by atoms with Crippen LogP contribution in [0.25, 0.3) is 0 Å². The molecular formula is C16H20N2O5. The molecule has 0 aromatic heterocycles. The molecule has 124 valence electrons. The molecule has 0 bridgehead atoms. The van der Waals surface area contributed by atoms with Crippen LogP contribution in [0.2, 0.25) is 0 Å². The number of carbonyl (C=O) groups excluding carboxylic acids is 3. The zero-order chi connectivity index (χ0) is 17.2. The molecule has 0 fully saturated rings. The van der Waals surface area contributed by atoms with E-state index in [1.807, 2.05) is 0 Å². The highest BCUT2D eigenvalue weighted by Crippen LogP contribution is 2.33. The van der Waals surface area contributed by atoms with Crippen molar-refractivity contribution in [3.63, 3.8) is 0 Å². The van der Waals surface area contributed by atoms with E-state index in [-0.39, 0.29) is 5.92 Å². The van der Waals surface area contributed by atoms with Gasteiger partial charge in [0.1, 0.15) is 11.8 Å². The maximum Gasteiger partial charge on any atom is 0.328 e. The van der Waals surface area contributed by atoms with Gasteiger partial charge in [-0.25, -0.2) is 4.79 Å². The quantitative estimate of drug-likeness (QED) is 0.640. The fraction of sp³-hybridized carbons (Fsp3) is 0.438. The van der Waals surface area contributed by atoms with E-state index in [0.29, 0.717) is 11.4 Å². The van der Waals surface area contributed by atoms with E-state index in [4.69, 9.17) is 4.74 Å². The summed E-state index contributed by atoms with van der Waals surface area (Å²) in [4.78, 5) is 36.6. The Balaban J connectivity index is 2.24. The number of hydrogen-bond donors (Lipinski definition) is 2. The number of benzene rings is 1. The van der Waals surface area contributed by atoms with Gasteiger partial charge in [0.25, 0.3) is 17.4 Å². The first-order valence-corrected chi connectivity index (χ1v) is 7.28. The number of esters is 1. The molecule has 2 unspecified atom stereocenters. The van der Waals surface area contributed by atoms with E-state index < -0.39 is 29.4 Å². The van der Waals surface area contributed by atoms with Crippen molar-refractivity contribution in [2.24, 2.45) is 5.92 Å². The van der Waals surface area contributed by atoms with Crippen LogP contribution >= 0.6 is 0 Å². The third-order valence-corrected chi connectivity index (χ3v) is 3.72. The summed E-state index contributed by atoms with van der Waals surface area (Å²) < 4.78 is 10.3. The van der Waals surface area contributed by atoms with E-state index in [2.05, 4.69) is 15.4 Å². The smallest absolute Gasteiger partial charge is 0.328 e. The van der Waals surface area contributed by atoms with E-state index in [1.54, 1.807) is 38.1 Å². The van der Waals surface area contributed by atoms with E-state index >= 15 is 0 Å². The van der Waals surface area contributed by atoms with Gasteiger partial charge in [-0.15, -0.1) is 0 Å². The molecule has 2 rings (SSSR count). The van der Waals surface area contributed by atoms with Crippen molar-refractivity contribution in [2.75, 3.05) is 12.4 Å². The van der Waals surface area contributed by atoms with Gasteiger partial charge in [0, 0.05) is 0 Å². The minimum atomic E-state index is -1.77. The fourth-order valence-corrected chi connectivity index (χ4v) is 2.22. The largest absolute Gasteiger partial charge is 0.467 e. The number of amides is 2. The molecule has 0 radical (unpaired) electrons. The van der Waals surface area contributed by atoms with Crippen LogP contribution in [0.3, 0.4) is 0 Å². The van der Waals surface area contributed by atoms with Crippen molar-refractivity contribution >= 4 is 23.5 Å². The highest BCUT2D eigenvalue weighted by molar-refractivity contribution is 6.15. The van der Waals surface area contributed by atoms with Gasteiger partial charge in [0.15, 0.2) is 0 Å². The van der Waals surface area contributed by atoms with Crippen molar-refractivity contribution in [1.29, 1.82) is 0 Å². The first-order valence-electron chi connectivity index (χ1n) is 7.28. The topological polar surface area (TPSA) is 93.7 Å². The molecule has 0 saturated heterocycles. The van der Waals surface area contributed by atoms with Gasteiger partial charge in [-0.2, -0.15) is 0 Å². The molecule has 1 aromatic rings. The zero-order valence-electron chi connectivity index (χ0n) is 13.5. The predicted molar refractivity (Wildman–Crippen MR) is 82.9 cm³/mol. The number of hydrogen-bond acceptors (Lipinski definition) is 5. The Bertz CT molecular complexity index is 643. The molecule has 7 heteroatoms. The first-order chi connectivity index (χ1) is 10.8. The highest BCUT2D eigenvalue weighted by atomic mass is 16.5.